The predicted molar refractivity (Wildman–Crippen MR) is 118 cm³/mol. The van der Waals surface area contributed by atoms with Crippen LogP contribution in [0.3, 0.4) is 0 Å². The van der Waals surface area contributed by atoms with Gasteiger partial charge in [0.15, 0.2) is 5.16 Å². The first-order valence-electron chi connectivity index (χ1n) is 10.0. The monoisotopic (exact) mass is 400 g/mol. The molecule has 1 aromatic heterocycles. The van der Waals surface area contributed by atoms with Crippen LogP contribution < -0.4 is 10.2 Å². The molecule has 1 heterocycles. The Hall–Kier alpha value is -2.08. The number of hydrogen-bond donors (Lipinski definition) is 1. The summed E-state index contributed by atoms with van der Waals surface area (Å²) in [7, 11) is 2.07. The number of aromatic nitrogens is 2. The number of hydrogen-bond acceptors (Lipinski definition) is 5. The lowest BCUT2D eigenvalue weighted by atomic mass is 10.1. The van der Waals surface area contributed by atoms with Gasteiger partial charge in [-0.05, 0) is 36.5 Å². The van der Waals surface area contributed by atoms with E-state index < -0.39 is 0 Å². The van der Waals surface area contributed by atoms with Gasteiger partial charge < -0.3 is 10.2 Å². The Balaban J connectivity index is 2.01. The van der Waals surface area contributed by atoms with E-state index in [0.29, 0.717) is 18.0 Å². The smallest absolute Gasteiger partial charge is 0.251 e. The average molecular weight is 401 g/mol. The van der Waals surface area contributed by atoms with Crippen molar-refractivity contribution in [1.29, 1.82) is 0 Å². The fraction of sp³-hybridized carbons (Fsp3) is 0.500. The van der Waals surface area contributed by atoms with Crippen molar-refractivity contribution in [2.24, 2.45) is 5.92 Å². The zero-order chi connectivity index (χ0) is 20.5. The largest absolute Gasteiger partial charge is 0.360 e. The molecule has 6 heteroatoms. The van der Waals surface area contributed by atoms with Gasteiger partial charge in [-0.1, -0.05) is 51.6 Å². The first kappa shape index (κ1) is 22.2. The average Bonchev–Trinajstić information content (AvgIpc) is 2.70. The van der Waals surface area contributed by atoms with Crippen molar-refractivity contribution in [3.8, 4) is 0 Å². The second kappa shape index (κ2) is 11.1. The number of carbonyl (C=O) groups is 1. The molecule has 1 amide bonds. The molecule has 0 radical (unpaired) electrons. The zero-order valence-electron chi connectivity index (χ0n) is 17.7. The van der Waals surface area contributed by atoms with Gasteiger partial charge in [0.2, 0.25) is 0 Å². The fourth-order valence-corrected chi connectivity index (χ4v) is 3.48. The molecule has 1 N–H and O–H groups in total. The summed E-state index contributed by atoms with van der Waals surface area (Å²) in [5.74, 6) is 2.18. The predicted octanol–water partition coefficient (Wildman–Crippen LogP) is 4.56. The van der Waals surface area contributed by atoms with Gasteiger partial charge in [0, 0.05) is 43.2 Å². The highest BCUT2D eigenvalue weighted by atomic mass is 32.2. The molecule has 0 aliphatic carbocycles. The van der Waals surface area contributed by atoms with Crippen LogP contribution in [-0.2, 0) is 12.2 Å². The van der Waals surface area contributed by atoms with E-state index in [1.807, 2.05) is 24.3 Å². The third kappa shape index (κ3) is 6.82. The van der Waals surface area contributed by atoms with E-state index in [9.17, 15) is 4.79 Å². The normalized spacial score (nSPS) is 10.9. The van der Waals surface area contributed by atoms with Crippen molar-refractivity contribution in [1.82, 2.24) is 15.3 Å². The van der Waals surface area contributed by atoms with E-state index in [0.717, 1.165) is 47.4 Å². The Kier molecular flexibility index (Phi) is 8.77. The molecule has 0 aliphatic rings. The number of nitrogens with one attached hydrogen (secondary N) is 1. The molecule has 28 heavy (non-hydrogen) atoms. The van der Waals surface area contributed by atoms with Gasteiger partial charge in [0.05, 0.1) is 0 Å². The molecule has 0 saturated heterocycles. The number of aryl methyl sites for hydroxylation is 1. The molecule has 0 fully saturated rings. The van der Waals surface area contributed by atoms with Crippen molar-refractivity contribution >= 4 is 23.5 Å². The topological polar surface area (TPSA) is 58.1 Å². The number of amides is 1. The van der Waals surface area contributed by atoms with E-state index in [1.54, 1.807) is 11.8 Å². The number of anilines is 1. The zero-order valence-corrected chi connectivity index (χ0v) is 18.5. The summed E-state index contributed by atoms with van der Waals surface area (Å²) in [6.07, 6.45) is 1.98. The van der Waals surface area contributed by atoms with Gasteiger partial charge >= 0.3 is 0 Å². The Bertz CT molecular complexity index is 762. The summed E-state index contributed by atoms with van der Waals surface area (Å²) in [5, 5.41) is 3.75. The van der Waals surface area contributed by atoms with E-state index >= 15 is 0 Å². The Morgan fingerprint density at radius 1 is 1.18 bits per heavy atom. The fourth-order valence-electron chi connectivity index (χ4n) is 2.65. The molecule has 152 valence electrons. The minimum atomic E-state index is -0.0181. The second-order valence-corrected chi connectivity index (χ2v) is 8.31. The van der Waals surface area contributed by atoms with Crippen LogP contribution in [0.2, 0.25) is 0 Å². The summed E-state index contributed by atoms with van der Waals surface area (Å²) in [5.41, 5.74) is 2.91. The van der Waals surface area contributed by atoms with Gasteiger partial charge in [-0.2, -0.15) is 0 Å². The highest BCUT2D eigenvalue weighted by Gasteiger charge is 2.09. The molecule has 0 atom stereocenters. The summed E-state index contributed by atoms with van der Waals surface area (Å²) in [6.45, 7) is 10.1. The van der Waals surface area contributed by atoms with Gasteiger partial charge in [-0.15, -0.1) is 0 Å². The van der Waals surface area contributed by atoms with E-state index in [2.05, 4.69) is 56.0 Å². The minimum absolute atomic E-state index is 0.0181. The van der Waals surface area contributed by atoms with Gasteiger partial charge in [0.1, 0.15) is 5.82 Å². The maximum atomic E-state index is 12.1. The highest BCUT2D eigenvalue weighted by molar-refractivity contribution is 7.98. The van der Waals surface area contributed by atoms with E-state index in [-0.39, 0.29) is 5.91 Å². The molecule has 1 aromatic carbocycles. The van der Waals surface area contributed by atoms with Crippen LogP contribution in [0.5, 0.6) is 0 Å². The molecule has 2 rings (SSSR count). The SMILES string of the molecule is CCCN(C)c1cc(CC)nc(SCc2ccc(C(=O)NCC(C)C)cc2)n1. The van der Waals surface area contributed by atoms with Crippen LogP contribution in [0.25, 0.3) is 0 Å². The highest BCUT2D eigenvalue weighted by Crippen LogP contribution is 2.23. The third-order valence-electron chi connectivity index (χ3n) is 4.31. The maximum absolute atomic E-state index is 12.1. The molecule has 0 bridgehead atoms. The Labute approximate surface area is 173 Å². The van der Waals surface area contributed by atoms with Crippen molar-refractivity contribution in [2.45, 2.75) is 51.4 Å². The molecule has 5 nitrogen and oxygen atoms in total. The lowest BCUT2D eigenvalue weighted by Crippen LogP contribution is -2.27. The third-order valence-corrected chi connectivity index (χ3v) is 5.23. The Morgan fingerprint density at radius 3 is 2.50 bits per heavy atom. The quantitative estimate of drug-likeness (QED) is 0.468. The second-order valence-electron chi connectivity index (χ2n) is 7.36. The summed E-state index contributed by atoms with van der Waals surface area (Å²) in [6, 6.07) is 9.85. The molecule has 0 saturated carbocycles. The minimum Gasteiger partial charge on any atom is -0.360 e. The number of thioether (sulfide) groups is 1. The lowest BCUT2D eigenvalue weighted by Gasteiger charge is -2.18. The number of rotatable bonds is 10. The number of benzene rings is 1. The number of nitrogens with zero attached hydrogens (tertiary/aromatic N) is 3. The first-order valence-corrected chi connectivity index (χ1v) is 11.0. The van der Waals surface area contributed by atoms with Crippen molar-refractivity contribution < 1.29 is 4.79 Å². The van der Waals surface area contributed by atoms with E-state index in [1.165, 1.54) is 0 Å². The number of carbonyl (C=O) groups excluding carboxylic acids is 1. The van der Waals surface area contributed by atoms with Crippen molar-refractivity contribution in [2.75, 3.05) is 25.0 Å². The molecule has 0 spiro atoms. The van der Waals surface area contributed by atoms with Gasteiger partial charge in [-0.25, -0.2) is 9.97 Å². The summed E-state index contributed by atoms with van der Waals surface area (Å²) in [4.78, 5) is 23.7. The Morgan fingerprint density at radius 2 is 1.89 bits per heavy atom. The maximum Gasteiger partial charge on any atom is 0.251 e. The van der Waals surface area contributed by atoms with Crippen molar-refractivity contribution in [3.63, 3.8) is 0 Å². The van der Waals surface area contributed by atoms with Gasteiger partial charge in [0.25, 0.3) is 5.91 Å². The van der Waals surface area contributed by atoms with Crippen LogP contribution in [-0.4, -0.2) is 36.0 Å². The van der Waals surface area contributed by atoms with Crippen LogP contribution >= 0.6 is 11.8 Å². The van der Waals surface area contributed by atoms with Gasteiger partial charge in [-0.3, -0.25) is 4.79 Å². The molecule has 0 unspecified atom stereocenters. The first-order chi connectivity index (χ1) is 13.4. The summed E-state index contributed by atoms with van der Waals surface area (Å²) < 4.78 is 0. The van der Waals surface area contributed by atoms with Crippen LogP contribution in [0.15, 0.2) is 35.5 Å². The van der Waals surface area contributed by atoms with E-state index in [4.69, 9.17) is 4.98 Å². The molecule has 0 aliphatic heterocycles. The molecular weight excluding hydrogens is 368 g/mol. The molecular formula is C22H32N4OS. The van der Waals surface area contributed by atoms with Crippen LogP contribution in [0, 0.1) is 5.92 Å². The van der Waals surface area contributed by atoms with Crippen molar-refractivity contribution in [3.05, 3.63) is 47.2 Å². The summed E-state index contributed by atoms with van der Waals surface area (Å²) >= 11 is 1.63. The standard InChI is InChI=1S/C22H32N4OS/c1-6-12-26(5)20-13-19(7-2)24-22(25-20)28-15-17-8-10-18(11-9-17)21(27)23-14-16(3)4/h8-11,13,16H,6-7,12,14-15H2,1-5H3,(H,23,27). The molecule has 2 aromatic rings. The lowest BCUT2D eigenvalue weighted by molar-refractivity contribution is 0.0949. The van der Waals surface area contributed by atoms with Crippen LogP contribution in [0.1, 0.15) is 55.7 Å². The van der Waals surface area contributed by atoms with Crippen LogP contribution in [0.4, 0.5) is 5.82 Å².